The van der Waals surface area contributed by atoms with Crippen LogP contribution in [0.3, 0.4) is 0 Å². The van der Waals surface area contributed by atoms with E-state index in [2.05, 4.69) is 5.32 Å². The van der Waals surface area contributed by atoms with Gasteiger partial charge in [-0.2, -0.15) is 0 Å². The van der Waals surface area contributed by atoms with Crippen LogP contribution in [0.15, 0.2) is 0 Å². The summed E-state index contributed by atoms with van der Waals surface area (Å²) in [5, 5.41) is 3.46. The predicted octanol–water partition coefficient (Wildman–Crippen LogP) is 3.17. The number of ether oxygens (including phenoxy) is 1. The van der Waals surface area contributed by atoms with Crippen LogP contribution in [0.5, 0.6) is 0 Å². The summed E-state index contributed by atoms with van der Waals surface area (Å²) in [5.74, 6) is 0.637. The summed E-state index contributed by atoms with van der Waals surface area (Å²) >= 11 is 0. The average Bonchev–Trinajstić information content (AvgIpc) is 2.65. The van der Waals surface area contributed by atoms with Crippen molar-refractivity contribution in [1.29, 1.82) is 0 Å². The molecule has 4 heteroatoms. The number of amides is 1. The Kier molecular flexibility index (Phi) is 5.30. The highest BCUT2D eigenvalue weighted by Crippen LogP contribution is 2.30. The molecule has 20 heavy (non-hydrogen) atoms. The summed E-state index contributed by atoms with van der Waals surface area (Å²) in [5.41, 5.74) is -0.399. The van der Waals surface area contributed by atoms with E-state index >= 15 is 0 Å². The quantitative estimate of drug-likeness (QED) is 0.803. The van der Waals surface area contributed by atoms with E-state index in [4.69, 9.17) is 4.74 Å². The molecule has 2 aliphatic rings. The molecule has 0 aromatic rings. The minimum absolute atomic E-state index is 0.112. The first-order chi connectivity index (χ1) is 9.47. The van der Waals surface area contributed by atoms with E-state index in [0.29, 0.717) is 12.0 Å². The van der Waals surface area contributed by atoms with Crippen LogP contribution >= 0.6 is 0 Å². The molecule has 0 aliphatic carbocycles. The van der Waals surface area contributed by atoms with E-state index < -0.39 is 5.60 Å². The topological polar surface area (TPSA) is 41.6 Å². The van der Waals surface area contributed by atoms with Crippen LogP contribution < -0.4 is 5.32 Å². The molecular formula is C16H30N2O2. The summed E-state index contributed by atoms with van der Waals surface area (Å²) in [4.78, 5) is 14.5. The molecule has 2 aliphatic heterocycles. The largest absolute Gasteiger partial charge is 0.444 e. The third-order valence-electron chi connectivity index (χ3n) is 4.34. The number of carbonyl (C=O) groups is 1. The number of hydrogen-bond donors (Lipinski definition) is 1. The molecule has 0 bridgehead atoms. The first-order valence-electron chi connectivity index (χ1n) is 8.18. The van der Waals surface area contributed by atoms with E-state index in [1.54, 1.807) is 0 Å². The second-order valence-corrected chi connectivity index (χ2v) is 7.18. The van der Waals surface area contributed by atoms with Crippen molar-refractivity contribution in [2.75, 3.05) is 19.6 Å². The maximum Gasteiger partial charge on any atom is 0.410 e. The first-order valence-corrected chi connectivity index (χ1v) is 8.18. The lowest BCUT2D eigenvalue weighted by Crippen LogP contribution is -2.49. The van der Waals surface area contributed by atoms with Crippen molar-refractivity contribution in [1.82, 2.24) is 10.2 Å². The molecule has 0 radical (unpaired) electrons. The van der Waals surface area contributed by atoms with Crippen LogP contribution in [0.2, 0.25) is 0 Å². The summed E-state index contributed by atoms with van der Waals surface area (Å²) < 4.78 is 5.60. The van der Waals surface area contributed by atoms with E-state index in [1.165, 1.54) is 25.7 Å². The van der Waals surface area contributed by atoms with Crippen molar-refractivity contribution >= 4 is 6.09 Å². The molecule has 0 spiro atoms. The Morgan fingerprint density at radius 3 is 2.65 bits per heavy atom. The van der Waals surface area contributed by atoms with Crippen LogP contribution in [0.1, 0.15) is 59.3 Å². The van der Waals surface area contributed by atoms with Crippen LogP contribution in [0, 0.1) is 5.92 Å². The number of carbonyl (C=O) groups excluding carboxylic acids is 1. The van der Waals surface area contributed by atoms with E-state index in [1.807, 2.05) is 25.7 Å². The Hall–Kier alpha value is -0.770. The number of rotatable bonds is 1. The van der Waals surface area contributed by atoms with Gasteiger partial charge in [-0.25, -0.2) is 4.79 Å². The number of nitrogens with zero attached hydrogens (tertiary/aromatic N) is 1. The molecule has 0 aromatic carbocycles. The van der Waals surface area contributed by atoms with Gasteiger partial charge in [0.25, 0.3) is 0 Å². The van der Waals surface area contributed by atoms with Gasteiger partial charge in [-0.15, -0.1) is 0 Å². The standard InChI is InChI=1S/C16H30N2O2/c1-16(2,3)20-15(19)18-12-5-4-8-14(18)13-7-6-10-17-11-9-13/h13-14,17H,4-12H2,1-3H3. The molecule has 116 valence electrons. The fraction of sp³-hybridized carbons (Fsp3) is 0.938. The molecule has 2 saturated heterocycles. The number of nitrogens with one attached hydrogen (secondary N) is 1. The average molecular weight is 282 g/mol. The fourth-order valence-electron chi connectivity index (χ4n) is 3.43. The minimum atomic E-state index is -0.399. The van der Waals surface area contributed by atoms with Gasteiger partial charge in [0.1, 0.15) is 5.60 Å². The van der Waals surface area contributed by atoms with Crippen molar-refractivity contribution in [3.8, 4) is 0 Å². The normalized spacial score (nSPS) is 28.9. The lowest BCUT2D eigenvalue weighted by atomic mass is 9.85. The van der Waals surface area contributed by atoms with Gasteiger partial charge in [-0.3, -0.25) is 0 Å². The molecule has 0 saturated carbocycles. The van der Waals surface area contributed by atoms with Crippen molar-refractivity contribution in [2.45, 2.75) is 70.9 Å². The minimum Gasteiger partial charge on any atom is -0.444 e. The first kappa shape index (κ1) is 15.6. The van der Waals surface area contributed by atoms with Crippen molar-refractivity contribution < 1.29 is 9.53 Å². The maximum atomic E-state index is 12.4. The summed E-state index contributed by atoms with van der Waals surface area (Å²) in [6.45, 7) is 8.90. The van der Waals surface area contributed by atoms with Crippen molar-refractivity contribution in [3.63, 3.8) is 0 Å². The summed E-state index contributed by atoms with van der Waals surface area (Å²) in [7, 11) is 0. The Morgan fingerprint density at radius 1 is 1.10 bits per heavy atom. The number of piperidine rings is 1. The van der Waals surface area contributed by atoms with Gasteiger partial charge in [0.2, 0.25) is 0 Å². The summed E-state index contributed by atoms with van der Waals surface area (Å²) in [6, 6.07) is 0.388. The van der Waals surface area contributed by atoms with Crippen LogP contribution in [-0.2, 0) is 4.74 Å². The SMILES string of the molecule is CC(C)(C)OC(=O)N1CCCCC1C1CCCNCC1. The highest BCUT2D eigenvalue weighted by atomic mass is 16.6. The molecule has 2 heterocycles. The smallest absolute Gasteiger partial charge is 0.410 e. The van der Waals surface area contributed by atoms with Crippen LogP contribution in [0.25, 0.3) is 0 Å². The fourth-order valence-corrected chi connectivity index (χ4v) is 3.43. The van der Waals surface area contributed by atoms with Gasteiger partial charge in [0, 0.05) is 12.6 Å². The number of hydrogen-bond acceptors (Lipinski definition) is 3. The molecule has 2 fully saturated rings. The summed E-state index contributed by atoms with van der Waals surface area (Å²) in [6.07, 6.45) is 7.03. The Labute approximate surface area is 123 Å². The third kappa shape index (κ3) is 4.37. The molecule has 1 N–H and O–H groups in total. The van der Waals surface area contributed by atoms with Gasteiger partial charge in [-0.05, 0) is 78.3 Å². The lowest BCUT2D eigenvalue weighted by Gasteiger charge is -2.40. The second kappa shape index (κ2) is 6.79. The zero-order valence-corrected chi connectivity index (χ0v) is 13.3. The Bertz CT molecular complexity index is 317. The Morgan fingerprint density at radius 2 is 1.90 bits per heavy atom. The van der Waals surface area contributed by atoms with Gasteiger partial charge < -0.3 is 15.0 Å². The maximum absolute atomic E-state index is 12.4. The van der Waals surface area contributed by atoms with Crippen molar-refractivity contribution in [2.24, 2.45) is 5.92 Å². The van der Waals surface area contributed by atoms with Crippen LogP contribution in [0.4, 0.5) is 4.79 Å². The van der Waals surface area contributed by atoms with E-state index in [9.17, 15) is 4.79 Å². The molecule has 2 rings (SSSR count). The molecule has 4 nitrogen and oxygen atoms in total. The van der Waals surface area contributed by atoms with Crippen LogP contribution in [-0.4, -0.2) is 42.3 Å². The van der Waals surface area contributed by atoms with Crippen molar-refractivity contribution in [3.05, 3.63) is 0 Å². The highest BCUT2D eigenvalue weighted by molar-refractivity contribution is 5.68. The molecule has 0 aromatic heterocycles. The van der Waals surface area contributed by atoms with E-state index in [0.717, 1.165) is 32.5 Å². The third-order valence-corrected chi connectivity index (χ3v) is 4.34. The predicted molar refractivity (Wildman–Crippen MR) is 80.8 cm³/mol. The van der Waals surface area contributed by atoms with Gasteiger partial charge >= 0.3 is 6.09 Å². The molecule has 2 atom stereocenters. The molecule has 1 amide bonds. The van der Waals surface area contributed by atoms with Gasteiger partial charge in [0.15, 0.2) is 0 Å². The van der Waals surface area contributed by atoms with Gasteiger partial charge in [-0.1, -0.05) is 0 Å². The van der Waals surface area contributed by atoms with Gasteiger partial charge in [0.05, 0.1) is 0 Å². The van der Waals surface area contributed by atoms with E-state index in [-0.39, 0.29) is 6.09 Å². The molecular weight excluding hydrogens is 252 g/mol. The highest BCUT2D eigenvalue weighted by Gasteiger charge is 2.35. The Balaban J connectivity index is 2.02. The second-order valence-electron chi connectivity index (χ2n) is 7.18. The lowest BCUT2D eigenvalue weighted by molar-refractivity contribution is 0.000443. The monoisotopic (exact) mass is 282 g/mol. The zero-order chi connectivity index (χ0) is 14.6. The number of likely N-dealkylation sites (tertiary alicyclic amines) is 1. The zero-order valence-electron chi connectivity index (χ0n) is 13.3. The molecule has 2 unspecified atom stereocenters.